The number of nitrogens with one attached hydrogen (secondary N) is 1. The molecule has 1 aliphatic carbocycles. The molecule has 1 aromatic carbocycles. The number of pyridine rings is 1. The topological polar surface area (TPSA) is 80.4 Å². The van der Waals surface area contributed by atoms with Gasteiger partial charge in [-0.2, -0.15) is 0 Å². The lowest BCUT2D eigenvalue weighted by Gasteiger charge is -2.47. The summed E-state index contributed by atoms with van der Waals surface area (Å²) >= 11 is 0. The molecular weight excluding hydrogens is 410 g/mol. The molecule has 0 radical (unpaired) electrons. The molecule has 176 valence electrons. The van der Waals surface area contributed by atoms with Gasteiger partial charge < -0.3 is 20.9 Å². The van der Waals surface area contributed by atoms with E-state index in [1.807, 2.05) is 30.5 Å². The molecule has 0 amide bonds. The highest BCUT2D eigenvalue weighted by Crippen LogP contribution is 2.48. The molecule has 4 rings (SSSR count). The molecular formula is C28H37N3O2. The predicted octanol–water partition coefficient (Wildman–Crippen LogP) is 3.92. The molecule has 2 aliphatic rings. The van der Waals surface area contributed by atoms with Crippen LogP contribution in [0.1, 0.15) is 74.8 Å². The van der Waals surface area contributed by atoms with Gasteiger partial charge in [0.2, 0.25) is 5.88 Å². The molecule has 0 saturated heterocycles. The van der Waals surface area contributed by atoms with Crippen LogP contribution in [0.5, 0.6) is 5.88 Å². The van der Waals surface area contributed by atoms with Crippen LogP contribution in [0.25, 0.3) is 0 Å². The maximum Gasteiger partial charge on any atom is 0.218 e. The Morgan fingerprint density at radius 2 is 2.09 bits per heavy atom. The summed E-state index contributed by atoms with van der Waals surface area (Å²) in [5.41, 5.74) is 10.6. The first-order valence-corrected chi connectivity index (χ1v) is 12.1. The van der Waals surface area contributed by atoms with Gasteiger partial charge in [0.25, 0.3) is 0 Å². The van der Waals surface area contributed by atoms with Crippen molar-refractivity contribution in [3.05, 3.63) is 58.8 Å². The molecule has 0 bridgehead atoms. The van der Waals surface area contributed by atoms with Crippen molar-refractivity contribution < 1.29 is 9.84 Å². The smallest absolute Gasteiger partial charge is 0.218 e. The highest BCUT2D eigenvalue weighted by molar-refractivity contribution is 5.37. The molecule has 5 heteroatoms. The van der Waals surface area contributed by atoms with E-state index in [0.717, 1.165) is 48.3 Å². The van der Waals surface area contributed by atoms with Crippen molar-refractivity contribution in [3.63, 3.8) is 0 Å². The molecule has 0 unspecified atom stereocenters. The Morgan fingerprint density at radius 1 is 1.30 bits per heavy atom. The van der Waals surface area contributed by atoms with E-state index in [1.54, 1.807) is 0 Å². The number of ether oxygens (including phenoxy) is 1. The van der Waals surface area contributed by atoms with E-state index < -0.39 is 6.10 Å². The van der Waals surface area contributed by atoms with Gasteiger partial charge in [-0.3, -0.25) is 0 Å². The maximum absolute atomic E-state index is 10.8. The first kappa shape index (κ1) is 23.8. The van der Waals surface area contributed by atoms with Crippen LogP contribution in [0.4, 0.5) is 0 Å². The quantitative estimate of drug-likeness (QED) is 0.561. The number of aliphatic hydroxyl groups excluding tert-OH is 1. The van der Waals surface area contributed by atoms with Crippen LogP contribution in [-0.2, 0) is 12.8 Å². The maximum atomic E-state index is 10.8. The van der Waals surface area contributed by atoms with Crippen molar-refractivity contribution in [1.29, 1.82) is 0 Å². The highest BCUT2D eigenvalue weighted by atomic mass is 16.5. The Bertz CT molecular complexity index is 1020. The van der Waals surface area contributed by atoms with E-state index in [1.165, 1.54) is 12.0 Å². The number of aliphatic hydroxyl groups is 1. The third-order valence-electron chi connectivity index (χ3n) is 6.83. The number of fused-ring (bicyclic) bond motifs is 1. The van der Waals surface area contributed by atoms with Crippen molar-refractivity contribution in [2.75, 3.05) is 6.54 Å². The van der Waals surface area contributed by atoms with Gasteiger partial charge >= 0.3 is 0 Å². The van der Waals surface area contributed by atoms with Gasteiger partial charge in [-0.05, 0) is 66.8 Å². The Labute approximate surface area is 198 Å². The lowest BCUT2D eigenvalue weighted by Crippen LogP contribution is -2.51. The van der Waals surface area contributed by atoms with Crippen molar-refractivity contribution in [2.45, 2.75) is 83.1 Å². The Kier molecular flexibility index (Phi) is 6.81. The lowest BCUT2D eigenvalue weighted by atomic mass is 9.73. The van der Waals surface area contributed by atoms with Crippen LogP contribution < -0.4 is 15.8 Å². The predicted molar refractivity (Wildman–Crippen MR) is 132 cm³/mol. The molecule has 3 atom stereocenters. The summed E-state index contributed by atoms with van der Waals surface area (Å²) in [6.45, 7) is 7.12. The van der Waals surface area contributed by atoms with Gasteiger partial charge in [0.1, 0.15) is 5.60 Å². The van der Waals surface area contributed by atoms with E-state index in [0.29, 0.717) is 13.0 Å². The van der Waals surface area contributed by atoms with E-state index in [-0.39, 0.29) is 23.1 Å². The molecule has 4 N–H and O–H groups in total. The second-order valence-electron chi connectivity index (χ2n) is 11.1. The average molecular weight is 448 g/mol. The first-order chi connectivity index (χ1) is 15.7. The summed E-state index contributed by atoms with van der Waals surface area (Å²) < 4.78 is 6.37. The van der Waals surface area contributed by atoms with Crippen LogP contribution in [0.15, 0.2) is 36.5 Å². The van der Waals surface area contributed by atoms with Crippen molar-refractivity contribution in [1.82, 2.24) is 10.3 Å². The van der Waals surface area contributed by atoms with Gasteiger partial charge in [-0.1, -0.05) is 38.8 Å². The number of benzene rings is 1. The first-order valence-electron chi connectivity index (χ1n) is 12.1. The molecule has 2 aromatic rings. The average Bonchev–Trinajstić information content (AvgIpc) is 2.75. The molecule has 1 aromatic heterocycles. The van der Waals surface area contributed by atoms with Crippen LogP contribution in [0.2, 0.25) is 0 Å². The zero-order valence-corrected chi connectivity index (χ0v) is 20.1. The molecule has 1 aliphatic heterocycles. The molecule has 2 heterocycles. The number of aromatic nitrogens is 1. The zero-order chi connectivity index (χ0) is 23.6. The van der Waals surface area contributed by atoms with Crippen LogP contribution in [0.3, 0.4) is 0 Å². The van der Waals surface area contributed by atoms with Gasteiger partial charge in [0, 0.05) is 42.4 Å². The van der Waals surface area contributed by atoms with Crippen LogP contribution in [-0.4, -0.2) is 34.4 Å². The van der Waals surface area contributed by atoms with Crippen LogP contribution in [0, 0.1) is 17.8 Å². The molecule has 33 heavy (non-hydrogen) atoms. The summed E-state index contributed by atoms with van der Waals surface area (Å²) in [7, 11) is 0. The number of nitrogens with zero attached hydrogens (tertiary/aromatic N) is 1. The monoisotopic (exact) mass is 447 g/mol. The van der Waals surface area contributed by atoms with Crippen molar-refractivity contribution >= 4 is 0 Å². The molecule has 1 spiro atoms. The normalized spacial score (nSPS) is 20.8. The Balaban J connectivity index is 1.45. The second-order valence-corrected chi connectivity index (χ2v) is 11.1. The SMILES string of the molecule is C#Cc1cccc(C[C@H](N)[C@H](O)CN[C@H]2CC3(CCC3)Oc3ncc(CC(C)(C)C)cc32)c1. The number of hydrogen-bond donors (Lipinski definition) is 3. The highest BCUT2D eigenvalue weighted by Gasteiger charge is 2.46. The van der Waals surface area contributed by atoms with Crippen molar-refractivity contribution in [2.24, 2.45) is 11.1 Å². The Hall–Kier alpha value is -2.39. The summed E-state index contributed by atoms with van der Waals surface area (Å²) in [5, 5.41) is 14.4. The van der Waals surface area contributed by atoms with Crippen molar-refractivity contribution in [3.8, 4) is 18.2 Å². The van der Waals surface area contributed by atoms with E-state index in [4.69, 9.17) is 21.9 Å². The summed E-state index contributed by atoms with van der Waals surface area (Å²) in [4.78, 5) is 4.70. The molecule has 1 saturated carbocycles. The fourth-order valence-corrected chi connectivity index (χ4v) is 4.96. The standard InChI is InChI=1S/C28H37N3O2/c1-5-19-8-6-9-20(12-19)14-23(29)25(32)18-30-24-16-28(10-7-11-28)33-26-22(24)13-21(17-31-26)15-27(2,3)4/h1,6,8-9,12-13,17,23-25,30,32H,7,10-11,14-16,18,29H2,2-4H3/t23-,24-,25+/m0/s1. The summed E-state index contributed by atoms with van der Waals surface area (Å²) in [5.74, 6) is 3.39. The second kappa shape index (κ2) is 9.46. The van der Waals surface area contributed by atoms with Gasteiger partial charge in [-0.15, -0.1) is 6.42 Å². The number of terminal acetylenes is 1. The summed E-state index contributed by atoms with van der Waals surface area (Å²) in [6, 6.07) is 9.72. The van der Waals surface area contributed by atoms with E-state index in [2.05, 4.69) is 38.1 Å². The van der Waals surface area contributed by atoms with Crippen LogP contribution >= 0.6 is 0 Å². The minimum atomic E-state index is -0.672. The van der Waals surface area contributed by atoms with E-state index >= 15 is 0 Å². The number of hydrogen-bond acceptors (Lipinski definition) is 5. The van der Waals surface area contributed by atoms with Gasteiger partial charge in [0.05, 0.1) is 6.10 Å². The largest absolute Gasteiger partial charge is 0.471 e. The minimum Gasteiger partial charge on any atom is -0.471 e. The third kappa shape index (κ3) is 5.76. The molecule has 5 nitrogen and oxygen atoms in total. The van der Waals surface area contributed by atoms with E-state index in [9.17, 15) is 5.11 Å². The summed E-state index contributed by atoms with van der Waals surface area (Å²) in [6.07, 6.45) is 12.5. The zero-order valence-electron chi connectivity index (χ0n) is 20.1. The number of rotatable bonds is 7. The minimum absolute atomic E-state index is 0.0908. The van der Waals surface area contributed by atoms with Gasteiger partial charge in [-0.25, -0.2) is 4.98 Å². The third-order valence-corrected chi connectivity index (χ3v) is 6.83. The lowest BCUT2D eigenvalue weighted by molar-refractivity contribution is -0.0420. The number of nitrogens with two attached hydrogens (primary N) is 1. The van der Waals surface area contributed by atoms with Gasteiger partial charge in [0.15, 0.2) is 0 Å². The fraction of sp³-hybridized carbons (Fsp3) is 0.536. The Morgan fingerprint density at radius 3 is 2.76 bits per heavy atom. The fourth-order valence-electron chi connectivity index (χ4n) is 4.96. The molecule has 1 fully saturated rings.